The fraction of sp³-hybridized carbons (Fsp3) is 0.273. The van der Waals surface area contributed by atoms with Crippen LogP contribution in [0.15, 0.2) is 71.8 Å². The lowest BCUT2D eigenvalue weighted by Gasteiger charge is -2.13. The molecule has 2 aromatic heterocycles. The van der Waals surface area contributed by atoms with E-state index in [1.54, 1.807) is 61.8 Å². The molecule has 0 spiro atoms. The smallest absolute Gasteiger partial charge is 0.266 e. The molecule has 2 heterocycles. The number of sulfonamides is 1. The highest BCUT2D eigenvalue weighted by molar-refractivity contribution is 7.89. The van der Waals surface area contributed by atoms with Gasteiger partial charge < -0.3 is 19.2 Å². The number of nitrogens with one attached hydrogen (secondary N) is 2. The topological polar surface area (TPSA) is 129 Å². The number of pyridine rings is 1. The molecule has 5 aromatic rings. The number of carbonyl (C=O) groups is 1. The molecule has 230 valence electrons. The van der Waals surface area contributed by atoms with E-state index in [1.165, 1.54) is 4.57 Å². The van der Waals surface area contributed by atoms with E-state index in [1.807, 2.05) is 32.9 Å². The molecular weight excluding hydrogens is 582 g/mol. The molecule has 0 unspecified atom stereocenters. The van der Waals surface area contributed by atoms with Crippen molar-refractivity contribution in [3.05, 3.63) is 94.0 Å². The monoisotopic (exact) mass is 617 g/mol. The van der Waals surface area contributed by atoms with Crippen molar-refractivity contribution in [3.63, 3.8) is 0 Å². The molecule has 2 N–H and O–H groups in total. The quantitative estimate of drug-likeness (QED) is 0.198. The zero-order valence-corrected chi connectivity index (χ0v) is 25.9. The molecule has 0 bridgehead atoms. The average molecular weight is 618 g/mol. The Kier molecular flexibility index (Phi) is 8.96. The normalized spacial score (nSPS) is 11.5. The van der Waals surface area contributed by atoms with Crippen molar-refractivity contribution in [1.29, 1.82) is 0 Å². The fourth-order valence-electron chi connectivity index (χ4n) is 5.39. The van der Waals surface area contributed by atoms with E-state index in [-0.39, 0.29) is 12.0 Å². The zero-order valence-electron chi connectivity index (χ0n) is 25.1. The standard InChI is InChI=1S/C33H35N3O7S/c1-5-41-27-13-9-8-11-23(27)18-28(37)35-44(39,40)20-22-14-15-26(21(4)17-22)36-19-25-29(33(36)38)31(42-6-2)24-12-10-16-34-30(24)32(25)43-7-3/h8-17,19,34H,5-7,18,20H2,1-4H3,(H,35,37). The maximum Gasteiger partial charge on any atom is 0.266 e. The Labute approximate surface area is 255 Å². The first-order chi connectivity index (χ1) is 21.2. The van der Waals surface area contributed by atoms with E-state index < -0.39 is 21.7 Å². The molecule has 11 heteroatoms. The van der Waals surface area contributed by atoms with Gasteiger partial charge in [-0.2, -0.15) is 0 Å². The van der Waals surface area contributed by atoms with Gasteiger partial charge in [-0.3, -0.25) is 18.9 Å². The molecule has 0 saturated carbocycles. The molecule has 0 fully saturated rings. The molecule has 1 amide bonds. The Morgan fingerprint density at radius 2 is 1.64 bits per heavy atom. The number of hydrogen-bond donors (Lipinski definition) is 2. The third-order valence-electron chi connectivity index (χ3n) is 7.11. The summed E-state index contributed by atoms with van der Waals surface area (Å²) in [5.74, 6) is 0.506. The summed E-state index contributed by atoms with van der Waals surface area (Å²) in [4.78, 5) is 29.8. The van der Waals surface area contributed by atoms with Gasteiger partial charge in [-0.15, -0.1) is 0 Å². The van der Waals surface area contributed by atoms with Gasteiger partial charge in [0, 0.05) is 23.3 Å². The fourth-order valence-corrected chi connectivity index (χ4v) is 6.50. The number of hydrogen-bond acceptors (Lipinski definition) is 7. The van der Waals surface area contributed by atoms with Crippen LogP contribution in [0.1, 0.15) is 37.5 Å². The number of aromatic nitrogens is 2. The van der Waals surface area contributed by atoms with Crippen LogP contribution in [0, 0.1) is 6.92 Å². The van der Waals surface area contributed by atoms with Crippen molar-refractivity contribution in [1.82, 2.24) is 14.3 Å². The first kappa shape index (κ1) is 30.7. The summed E-state index contributed by atoms with van der Waals surface area (Å²) in [6.45, 7) is 8.58. The van der Waals surface area contributed by atoms with Crippen LogP contribution in [-0.4, -0.2) is 43.7 Å². The van der Waals surface area contributed by atoms with E-state index >= 15 is 0 Å². The molecule has 5 rings (SSSR count). The molecule has 0 aliphatic carbocycles. The highest BCUT2D eigenvalue weighted by Gasteiger charge is 2.23. The van der Waals surface area contributed by atoms with E-state index in [0.29, 0.717) is 70.2 Å². The summed E-state index contributed by atoms with van der Waals surface area (Å²) in [7, 11) is -3.99. The Balaban J connectivity index is 1.45. The van der Waals surface area contributed by atoms with Crippen LogP contribution in [0.2, 0.25) is 0 Å². The van der Waals surface area contributed by atoms with Crippen molar-refractivity contribution in [3.8, 4) is 22.9 Å². The second-order valence-electron chi connectivity index (χ2n) is 10.2. The van der Waals surface area contributed by atoms with Gasteiger partial charge in [-0.1, -0.05) is 30.3 Å². The van der Waals surface area contributed by atoms with Crippen LogP contribution in [0.3, 0.4) is 0 Å². The third-order valence-corrected chi connectivity index (χ3v) is 8.36. The molecule has 0 aliphatic rings. The lowest BCUT2D eigenvalue weighted by molar-refractivity contribution is -0.118. The van der Waals surface area contributed by atoms with E-state index in [0.717, 1.165) is 10.9 Å². The summed E-state index contributed by atoms with van der Waals surface area (Å²) >= 11 is 0. The Bertz CT molecular complexity index is 2010. The highest BCUT2D eigenvalue weighted by Crippen LogP contribution is 2.41. The van der Waals surface area contributed by atoms with Crippen LogP contribution in [-0.2, 0) is 27.0 Å². The number of carbonyl (C=O) groups excluding carboxylic acids is 1. The van der Waals surface area contributed by atoms with Gasteiger partial charge >= 0.3 is 0 Å². The highest BCUT2D eigenvalue weighted by atomic mass is 32.2. The van der Waals surface area contributed by atoms with Crippen molar-refractivity contribution in [2.45, 2.75) is 39.9 Å². The maximum absolute atomic E-state index is 13.9. The number of para-hydroxylation sites is 1. The molecule has 0 atom stereocenters. The minimum Gasteiger partial charge on any atom is -0.494 e. The second kappa shape index (κ2) is 12.8. The summed E-state index contributed by atoms with van der Waals surface area (Å²) in [6.07, 6.45) is 3.38. The SMILES string of the molecule is CCOc1ccccc1CC(=O)NS(=O)(=O)Cc1ccc(-n2cc3c(OCC)c4[nH]cccc4c(OCC)c3c2=O)c(C)c1. The lowest BCUT2D eigenvalue weighted by Crippen LogP contribution is -2.32. The average Bonchev–Trinajstić information content (AvgIpc) is 3.32. The molecule has 0 aliphatic heterocycles. The molecule has 0 saturated heterocycles. The van der Waals surface area contributed by atoms with E-state index in [9.17, 15) is 18.0 Å². The van der Waals surface area contributed by atoms with Crippen LogP contribution >= 0.6 is 0 Å². The molecule has 3 aromatic carbocycles. The summed E-state index contributed by atoms with van der Waals surface area (Å²) in [5, 5.41) is 1.75. The zero-order chi connectivity index (χ0) is 31.4. The van der Waals surface area contributed by atoms with Gasteiger partial charge in [0.15, 0.2) is 5.75 Å². The molecule has 0 radical (unpaired) electrons. The Morgan fingerprint density at radius 1 is 0.909 bits per heavy atom. The third kappa shape index (κ3) is 6.14. The van der Waals surface area contributed by atoms with Gasteiger partial charge in [-0.25, -0.2) is 8.42 Å². The number of aryl methyl sites for hydroxylation is 1. The minimum absolute atomic E-state index is 0.138. The number of H-pyrrole nitrogens is 1. The summed E-state index contributed by atoms with van der Waals surface area (Å²) in [5.41, 5.74) is 2.78. The van der Waals surface area contributed by atoms with Gasteiger partial charge in [-0.05, 0) is 63.1 Å². The van der Waals surface area contributed by atoms with Crippen molar-refractivity contribution < 1.29 is 27.4 Å². The van der Waals surface area contributed by atoms with Crippen molar-refractivity contribution in [2.24, 2.45) is 0 Å². The van der Waals surface area contributed by atoms with Gasteiger partial charge in [0.25, 0.3) is 5.56 Å². The number of ether oxygens (including phenoxy) is 3. The molecular formula is C33H35N3O7S. The first-order valence-corrected chi connectivity index (χ1v) is 16.1. The van der Waals surface area contributed by atoms with Crippen LogP contribution in [0.4, 0.5) is 0 Å². The first-order valence-electron chi connectivity index (χ1n) is 14.4. The minimum atomic E-state index is -3.99. The molecule has 44 heavy (non-hydrogen) atoms. The van der Waals surface area contributed by atoms with E-state index in [2.05, 4.69) is 9.71 Å². The summed E-state index contributed by atoms with van der Waals surface area (Å²) in [6, 6.07) is 15.8. The number of amides is 1. The number of benzene rings is 3. The summed E-state index contributed by atoms with van der Waals surface area (Å²) < 4.78 is 47.1. The van der Waals surface area contributed by atoms with Crippen LogP contribution in [0.25, 0.3) is 27.4 Å². The predicted molar refractivity (Wildman–Crippen MR) is 171 cm³/mol. The van der Waals surface area contributed by atoms with Crippen molar-refractivity contribution >= 4 is 37.6 Å². The number of fused-ring (bicyclic) bond motifs is 2. The van der Waals surface area contributed by atoms with Gasteiger partial charge in [0.05, 0.1) is 54.0 Å². The van der Waals surface area contributed by atoms with Crippen molar-refractivity contribution in [2.75, 3.05) is 19.8 Å². The van der Waals surface area contributed by atoms with Gasteiger partial charge in [0.2, 0.25) is 15.9 Å². The number of aromatic amines is 1. The maximum atomic E-state index is 13.9. The predicted octanol–water partition coefficient (Wildman–Crippen LogP) is 5.17. The Hall–Kier alpha value is -4.77. The lowest BCUT2D eigenvalue weighted by atomic mass is 10.1. The van der Waals surface area contributed by atoms with Crippen LogP contribution in [0.5, 0.6) is 17.2 Å². The largest absolute Gasteiger partial charge is 0.494 e. The second-order valence-corrected chi connectivity index (χ2v) is 11.9. The van der Waals surface area contributed by atoms with Crippen LogP contribution < -0.4 is 24.5 Å². The van der Waals surface area contributed by atoms with E-state index in [4.69, 9.17) is 14.2 Å². The number of nitrogens with zero attached hydrogens (tertiary/aromatic N) is 1. The van der Waals surface area contributed by atoms with Gasteiger partial charge in [0.1, 0.15) is 11.5 Å². The molecule has 10 nitrogen and oxygen atoms in total. The Morgan fingerprint density at radius 3 is 2.36 bits per heavy atom. The number of rotatable bonds is 12.